The van der Waals surface area contributed by atoms with Gasteiger partial charge in [0.15, 0.2) is 5.82 Å². The number of nitrogens with zero attached hydrogens (tertiary/aromatic N) is 4. The van der Waals surface area contributed by atoms with Gasteiger partial charge in [-0.05, 0) is 28.1 Å². The largest absolute Gasteiger partial charge is 0.346 e. The molecule has 3 heterocycles. The van der Waals surface area contributed by atoms with E-state index in [1.165, 1.54) is 6.33 Å². The molecule has 0 saturated heterocycles. The summed E-state index contributed by atoms with van der Waals surface area (Å²) in [6, 6.07) is 3.88. The van der Waals surface area contributed by atoms with Crippen LogP contribution < -0.4 is 0 Å². The Hall–Kier alpha value is -1.69. The molecule has 0 aromatic carbocycles. The zero-order valence-electron chi connectivity index (χ0n) is 7.55. The highest BCUT2D eigenvalue weighted by atomic mass is 79.9. The molecule has 5 nitrogen and oxygen atoms in total. The molecule has 15 heavy (non-hydrogen) atoms. The summed E-state index contributed by atoms with van der Waals surface area (Å²) in [5.74, 6) is 0.731. The molecular formula is C9H6BrN5. The van der Waals surface area contributed by atoms with Crippen LogP contribution in [0, 0.1) is 0 Å². The summed E-state index contributed by atoms with van der Waals surface area (Å²) in [4.78, 5) is 11.4. The second-order valence-electron chi connectivity index (χ2n) is 3.04. The molecule has 0 aliphatic rings. The molecule has 0 unspecified atom stereocenters. The molecule has 3 rings (SSSR count). The summed E-state index contributed by atoms with van der Waals surface area (Å²) in [5, 5.41) is 5.08. The van der Waals surface area contributed by atoms with Crippen LogP contribution in [0.5, 0.6) is 0 Å². The minimum Gasteiger partial charge on any atom is -0.346 e. The third-order valence-corrected chi connectivity index (χ3v) is 2.77. The van der Waals surface area contributed by atoms with Crippen LogP contribution >= 0.6 is 15.9 Å². The van der Waals surface area contributed by atoms with E-state index in [-0.39, 0.29) is 0 Å². The number of pyridine rings is 1. The molecule has 0 fully saturated rings. The number of hydrogen-bond acceptors (Lipinski definition) is 3. The lowest BCUT2D eigenvalue weighted by Gasteiger charge is -2.01. The highest BCUT2D eigenvalue weighted by Crippen LogP contribution is 2.23. The van der Waals surface area contributed by atoms with Gasteiger partial charge >= 0.3 is 0 Å². The standard InChI is InChI=1S/C9H6BrN5/c10-7-3-8(15-5-11-4-13-15)14-9-6(7)1-2-12-9/h1-5H,(H,12,14). The third-order valence-electron chi connectivity index (χ3n) is 2.12. The maximum Gasteiger partial charge on any atom is 0.158 e. The SMILES string of the molecule is Brc1cc(-n2cncn2)nc2[nH]ccc12. The van der Waals surface area contributed by atoms with Crippen molar-refractivity contribution in [2.75, 3.05) is 0 Å². The number of halogens is 1. The molecule has 3 aromatic rings. The zero-order valence-corrected chi connectivity index (χ0v) is 9.14. The van der Waals surface area contributed by atoms with Gasteiger partial charge in [-0.25, -0.2) is 14.6 Å². The first-order chi connectivity index (χ1) is 7.34. The van der Waals surface area contributed by atoms with Crippen molar-refractivity contribution in [1.29, 1.82) is 0 Å². The zero-order chi connectivity index (χ0) is 10.3. The Morgan fingerprint density at radius 2 is 2.33 bits per heavy atom. The van der Waals surface area contributed by atoms with E-state index in [0.717, 1.165) is 21.3 Å². The molecule has 0 aliphatic heterocycles. The first-order valence-electron chi connectivity index (χ1n) is 4.33. The molecule has 0 spiro atoms. The maximum absolute atomic E-state index is 4.41. The molecule has 1 N–H and O–H groups in total. The summed E-state index contributed by atoms with van der Waals surface area (Å²) >= 11 is 3.49. The normalized spacial score (nSPS) is 11.0. The summed E-state index contributed by atoms with van der Waals surface area (Å²) in [5.41, 5.74) is 0.829. The van der Waals surface area contributed by atoms with E-state index in [0.29, 0.717) is 0 Å². The highest BCUT2D eigenvalue weighted by Gasteiger charge is 2.06. The van der Waals surface area contributed by atoms with Crippen molar-refractivity contribution < 1.29 is 0 Å². The molecule has 0 radical (unpaired) electrons. The number of aromatic nitrogens is 5. The van der Waals surface area contributed by atoms with Crippen LogP contribution in [0.15, 0.2) is 35.5 Å². The average Bonchev–Trinajstić information content (AvgIpc) is 2.88. The first-order valence-corrected chi connectivity index (χ1v) is 5.12. The average molecular weight is 264 g/mol. The van der Waals surface area contributed by atoms with Crippen molar-refractivity contribution in [3.63, 3.8) is 0 Å². The third kappa shape index (κ3) is 1.33. The van der Waals surface area contributed by atoms with E-state index in [1.54, 1.807) is 11.0 Å². The second-order valence-corrected chi connectivity index (χ2v) is 3.90. The van der Waals surface area contributed by atoms with Crippen molar-refractivity contribution in [3.8, 4) is 5.82 Å². The Bertz CT molecular complexity index is 598. The fourth-order valence-electron chi connectivity index (χ4n) is 1.43. The molecule has 6 heteroatoms. The van der Waals surface area contributed by atoms with Crippen LogP contribution in [0.1, 0.15) is 0 Å². The van der Waals surface area contributed by atoms with Crippen molar-refractivity contribution in [3.05, 3.63) is 35.5 Å². The van der Waals surface area contributed by atoms with Crippen molar-refractivity contribution in [2.45, 2.75) is 0 Å². The van der Waals surface area contributed by atoms with E-state index >= 15 is 0 Å². The minimum absolute atomic E-state index is 0.731. The Balaban J connectivity index is 2.29. The van der Waals surface area contributed by atoms with Gasteiger partial charge in [0, 0.05) is 16.1 Å². The minimum atomic E-state index is 0.731. The topological polar surface area (TPSA) is 59.4 Å². The van der Waals surface area contributed by atoms with Gasteiger partial charge in [-0.15, -0.1) is 0 Å². The number of hydrogen-bond donors (Lipinski definition) is 1. The number of fused-ring (bicyclic) bond motifs is 1. The van der Waals surface area contributed by atoms with Gasteiger partial charge in [-0.3, -0.25) is 0 Å². The maximum atomic E-state index is 4.41. The fraction of sp³-hybridized carbons (Fsp3) is 0. The number of aromatic amines is 1. The number of rotatable bonds is 1. The first kappa shape index (κ1) is 8.60. The molecule has 0 saturated carbocycles. The van der Waals surface area contributed by atoms with Crippen molar-refractivity contribution in [2.24, 2.45) is 0 Å². The van der Waals surface area contributed by atoms with Crippen LogP contribution in [0.4, 0.5) is 0 Å². The van der Waals surface area contributed by atoms with Crippen LogP contribution in [-0.2, 0) is 0 Å². The fourth-order valence-corrected chi connectivity index (χ4v) is 1.95. The lowest BCUT2D eigenvalue weighted by atomic mass is 10.3. The summed E-state index contributed by atoms with van der Waals surface area (Å²) in [6.45, 7) is 0. The molecular weight excluding hydrogens is 258 g/mol. The number of nitrogens with one attached hydrogen (secondary N) is 1. The predicted molar refractivity (Wildman–Crippen MR) is 58.7 cm³/mol. The van der Waals surface area contributed by atoms with Gasteiger partial charge in [-0.1, -0.05) is 0 Å². The van der Waals surface area contributed by atoms with E-state index in [9.17, 15) is 0 Å². The smallest absolute Gasteiger partial charge is 0.158 e. The van der Waals surface area contributed by atoms with Crippen LogP contribution in [-0.4, -0.2) is 24.7 Å². The van der Waals surface area contributed by atoms with Crippen molar-refractivity contribution in [1.82, 2.24) is 24.7 Å². The second kappa shape index (κ2) is 3.16. The summed E-state index contributed by atoms with van der Waals surface area (Å²) in [7, 11) is 0. The van der Waals surface area contributed by atoms with E-state index in [4.69, 9.17) is 0 Å². The van der Waals surface area contributed by atoms with Gasteiger partial charge in [-0.2, -0.15) is 5.10 Å². The number of H-pyrrole nitrogens is 1. The Kier molecular flexibility index (Phi) is 1.81. The lowest BCUT2D eigenvalue weighted by molar-refractivity contribution is 0.849. The van der Waals surface area contributed by atoms with Gasteiger partial charge in [0.1, 0.15) is 18.3 Å². The molecule has 74 valence electrons. The Labute approximate surface area is 93.3 Å². The predicted octanol–water partition coefficient (Wildman–Crippen LogP) is 1.91. The summed E-state index contributed by atoms with van der Waals surface area (Å²) in [6.07, 6.45) is 4.95. The Morgan fingerprint density at radius 3 is 3.13 bits per heavy atom. The molecule has 0 bridgehead atoms. The molecule has 3 aromatic heterocycles. The van der Waals surface area contributed by atoms with Crippen LogP contribution in [0.2, 0.25) is 0 Å². The van der Waals surface area contributed by atoms with Gasteiger partial charge in [0.2, 0.25) is 0 Å². The van der Waals surface area contributed by atoms with Gasteiger partial charge in [0.05, 0.1) is 0 Å². The molecule has 0 amide bonds. The van der Waals surface area contributed by atoms with E-state index in [2.05, 4.69) is 36.0 Å². The molecule has 0 atom stereocenters. The monoisotopic (exact) mass is 263 g/mol. The van der Waals surface area contributed by atoms with Crippen LogP contribution in [0.25, 0.3) is 16.9 Å². The van der Waals surface area contributed by atoms with Crippen molar-refractivity contribution >= 4 is 27.0 Å². The van der Waals surface area contributed by atoms with E-state index in [1.807, 2.05) is 18.3 Å². The molecule has 0 aliphatic carbocycles. The summed E-state index contributed by atoms with van der Waals surface area (Å²) < 4.78 is 2.60. The quantitative estimate of drug-likeness (QED) is 0.730. The van der Waals surface area contributed by atoms with Gasteiger partial charge < -0.3 is 4.98 Å². The van der Waals surface area contributed by atoms with Gasteiger partial charge in [0.25, 0.3) is 0 Å². The highest BCUT2D eigenvalue weighted by molar-refractivity contribution is 9.10. The lowest BCUT2D eigenvalue weighted by Crippen LogP contribution is -1.98. The Morgan fingerprint density at radius 1 is 1.40 bits per heavy atom. The van der Waals surface area contributed by atoms with Crippen LogP contribution in [0.3, 0.4) is 0 Å². The van der Waals surface area contributed by atoms with E-state index < -0.39 is 0 Å².